The van der Waals surface area contributed by atoms with E-state index in [0.29, 0.717) is 18.4 Å². The third kappa shape index (κ3) is 2.54. The standard InChI is InChI=1S/C12H15NO3S/c1-9-5-6-10(8-13-9)12(14)11-4-2-3-7-17(11,15)16/h5-6,8,11H,2-4,7H2,1H3. The van der Waals surface area contributed by atoms with E-state index in [-0.39, 0.29) is 11.5 Å². The summed E-state index contributed by atoms with van der Waals surface area (Å²) in [6, 6.07) is 3.37. The van der Waals surface area contributed by atoms with Crippen molar-refractivity contribution in [3.05, 3.63) is 29.6 Å². The minimum Gasteiger partial charge on any atom is -0.293 e. The molecule has 0 aliphatic carbocycles. The predicted molar refractivity (Wildman–Crippen MR) is 64.7 cm³/mol. The molecule has 4 nitrogen and oxygen atoms in total. The van der Waals surface area contributed by atoms with Crippen molar-refractivity contribution in [2.24, 2.45) is 0 Å². The van der Waals surface area contributed by atoms with Gasteiger partial charge in [-0.1, -0.05) is 6.42 Å². The van der Waals surface area contributed by atoms with E-state index in [9.17, 15) is 13.2 Å². The Kier molecular flexibility index (Phi) is 3.28. The van der Waals surface area contributed by atoms with E-state index in [2.05, 4.69) is 4.98 Å². The summed E-state index contributed by atoms with van der Waals surface area (Å²) in [5.41, 5.74) is 1.21. The average Bonchev–Trinajstić information content (AvgIpc) is 2.28. The van der Waals surface area contributed by atoms with Crippen molar-refractivity contribution in [2.75, 3.05) is 5.75 Å². The molecule has 2 heterocycles. The number of Topliss-reactive ketones (excluding diaryl/α,β-unsaturated/α-hetero) is 1. The summed E-state index contributed by atoms with van der Waals surface area (Å²) in [4.78, 5) is 16.1. The topological polar surface area (TPSA) is 64.1 Å². The molecule has 0 N–H and O–H groups in total. The maximum Gasteiger partial charge on any atom is 0.182 e. The van der Waals surface area contributed by atoms with Crippen LogP contribution >= 0.6 is 0 Å². The van der Waals surface area contributed by atoms with Crippen LogP contribution in [-0.4, -0.2) is 30.2 Å². The number of pyridine rings is 1. The molecule has 92 valence electrons. The molecule has 1 aliphatic rings. The number of carbonyl (C=O) groups is 1. The largest absolute Gasteiger partial charge is 0.293 e. The van der Waals surface area contributed by atoms with Gasteiger partial charge in [-0.15, -0.1) is 0 Å². The molecular formula is C12H15NO3S. The first kappa shape index (κ1) is 12.2. The zero-order valence-electron chi connectivity index (χ0n) is 9.72. The number of carbonyl (C=O) groups excluding carboxylic acids is 1. The minimum atomic E-state index is -3.26. The highest BCUT2D eigenvalue weighted by molar-refractivity contribution is 7.92. The summed E-state index contributed by atoms with van der Waals surface area (Å²) in [5.74, 6) is -0.180. The van der Waals surface area contributed by atoms with Gasteiger partial charge in [0.1, 0.15) is 5.25 Å². The van der Waals surface area contributed by atoms with E-state index in [1.54, 1.807) is 12.1 Å². The molecule has 0 radical (unpaired) electrons. The van der Waals surface area contributed by atoms with E-state index < -0.39 is 15.1 Å². The van der Waals surface area contributed by atoms with E-state index in [1.165, 1.54) is 6.20 Å². The third-order valence-corrected chi connectivity index (χ3v) is 5.24. The first-order chi connectivity index (χ1) is 8.00. The number of aromatic nitrogens is 1. The normalized spacial score (nSPS) is 23.2. The Morgan fingerprint density at radius 2 is 2.12 bits per heavy atom. The lowest BCUT2D eigenvalue weighted by Crippen LogP contribution is -2.35. The lowest BCUT2D eigenvalue weighted by atomic mass is 10.1. The van der Waals surface area contributed by atoms with E-state index >= 15 is 0 Å². The molecule has 5 heteroatoms. The van der Waals surface area contributed by atoms with Crippen LogP contribution in [0.2, 0.25) is 0 Å². The summed E-state index contributed by atoms with van der Waals surface area (Å²) in [5, 5.41) is -0.860. The minimum absolute atomic E-state index is 0.128. The molecule has 1 atom stereocenters. The van der Waals surface area contributed by atoms with Crippen molar-refractivity contribution in [1.82, 2.24) is 4.98 Å². The molecule has 1 saturated heterocycles. The summed E-state index contributed by atoms with van der Waals surface area (Å²) in [6.45, 7) is 1.83. The summed E-state index contributed by atoms with van der Waals surface area (Å²) >= 11 is 0. The lowest BCUT2D eigenvalue weighted by molar-refractivity contribution is 0.0981. The van der Waals surface area contributed by atoms with Gasteiger partial charge in [-0.2, -0.15) is 0 Å². The fourth-order valence-electron chi connectivity index (χ4n) is 2.05. The van der Waals surface area contributed by atoms with E-state index in [4.69, 9.17) is 0 Å². The van der Waals surface area contributed by atoms with Crippen LogP contribution in [0.1, 0.15) is 35.3 Å². The van der Waals surface area contributed by atoms with Crippen LogP contribution in [0.5, 0.6) is 0 Å². The van der Waals surface area contributed by atoms with Crippen LogP contribution in [0, 0.1) is 6.92 Å². The second kappa shape index (κ2) is 4.56. The first-order valence-electron chi connectivity index (χ1n) is 5.69. The highest BCUT2D eigenvalue weighted by atomic mass is 32.2. The van der Waals surface area contributed by atoms with Crippen molar-refractivity contribution in [3.8, 4) is 0 Å². The highest BCUT2D eigenvalue weighted by Gasteiger charge is 2.35. The second-order valence-corrected chi connectivity index (χ2v) is 6.71. The van der Waals surface area contributed by atoms with Gasteiger partial charge in [-0.05, 0) is 31.9 Å². The highest BCUT2D eigenvalue weighted by Crippen LogP contribution is 2.22. The molecule has 0 saturated carbocycles. The molecule has 0 bridgehead atoms. The molecule has 2 rings (SSSR count). The Balaban J connectivity index is 2.28. The average molecular weight is 253 g/mol. The van der Waals surface area contributed by atoms with Crippen LogP contribution in [0.15, 0.2) is 18.3 Å². The fourth-order valence-corrected chi connectivity index (χ4v) is 3.93. The predicted octanol–water partition coefficient (Wildman–Crippen LogP) is 1.54. The molecule has 0 spiro atoms. The number of hydrogen-bond acceptors (Lipinski definition) is 4. The second-order valence-electron chi connectivity index (χ2n) is 4.40. The van der Waals surface area contributed by atoms with Crippen LogP contribution in [0.3, 0.4) is 0 Å². The fraction of sp³-hybridized carbons (Fsp3) is 0.500. The first-order valence-corrected chi connectivity index (χ1v) is 7.41. The van der Waals surface area contributed by atoms with Crippen LogP contribution < -0.4 is 0 Å². The summed E-state index contributed by atoms with van der Waals surface area (Å²) in [6.07, 6.45) is 3.37. The zero-order valence-corrected chi connectivity index (χ0v) is 10.5. The maximum atomic E-state index is 12.1. The molecular weight excluding hydrogens is 238 g/mol. The van der Waals surface area contributed by atoms with Crippen molar-refractivity contribution in [1.29, 1.82) is 0 Å². The Bertz CT molecular complexity index is 519. The molecule has 0 aromatic carbocycles. The smallest absolute Gasteiger partial charge is 0.182 e. The number of rotatable bonds is 2. The molecule has 1 unspecified atom stereocenters. The molecule has 1 aliphatic heterocycles. The Labute approximate surface area is 101 Å². The van der Waals surface area contributed by atoms with Gasteiger partial charge in [0.25, 0.3) is 0 Å². The van der Waals surface area contributed by atoms with Gasteiger partial charge in [-0.3, -0.25) is 9.78 Å². The Morgan fingerprint density at radius 1 is 1.35 bits per heavy atom. The number of hydrogen-bond donors (Lipinski definition) is 0. The van der Waals surface area contributed by atoms with Gasteiger partial charge in [0.05, 0.1) is 5.75 Å². The lowest BCUT2D eigenvalue weighted by Gasteiger charge is -2.20. The Morgan fingerprint density at radius 3 is 2.71 bits per heavy atom. The van der Waals surface area contributed by atoms with Gasteiger partial charge in [0.2, 0.25) is 0 Å². The van der Waals surface area contributed by atoms with Crippen molar-refractivity contribution in [3.63, 3.8) is 0 Å². The summed E-state index contributed by atoms with van der Waals surface area (Å²) in [7, 11) is -3.26. The van der Waals surface area contributed by atoms with Crippen molar-refractivity contribution in [2.45, 2.75) is 31.4 Å². The van der Waals surface area contributed by atoms with Gasteiger partial charge < -0.3 is 0 Å². The van der Waals surface area contributed by atoms with E-state index in [1.807, 2.05) is 6.92 Å². The number of nitrogens with zero attached hydrogens (tertiary/aromatic N) is 1. The Hall–Kier alpha value is -1.23. The zero-order chi connectivity index (χ0) is 12.5. The maximum absolute atomic E-state index is 12.1. The van der Waals surface area contributed by atoms with Gasteiger partial charge >= 0.3 is 0 Å². The molecule has 0 amide bonds. The van der Waals surface area contributed by atoms with Gasteiger partial charge in [-0.25, -0.2) is 8.42 Å². The van der Waals surface area contributed by atoms with E-state index in [0.717, 1.165) is 12.1 Å². The molecule has 17 heavy (non-hydrogen) atoms. The molecule has 1 aromatic rings. The SMILES string of the molecule is Cc1ccc(C(=O)C2CCCCS2(=O)=O)cn1. The molecule has 1 aromatic heterocycles. The van der Waals surface area contributed by atoms with Gasteiger partial charge in [0.15, 0.2) is 15.6 Å². The number of ketones is 1. The van der Waals surface area contributed by atoms with Crippen molar-refractivity contribution < 1.29 is 13.2 Å². The van der Waals surface area contributed by atoms with Crippen LogP contribution in [-0.2, 0) is 9.84 Å². The molecule has 1 fully saturated rings. The number of aryl methyl sites for hydroxylation is 1. The van der Waals surface area contributed by atoms with Crippen LogP contribution in [0.25, 0.3) is 0 Å². The van der Waals surface area contributed by atoms with Crippen molar-refractivity contribution >= 4 is 15.6 Å². The van der Waals surface area contributed by atoms with Crippen LogP contribution in [0.4, 0.5) is 0 Å². The van der Waals surface area contributed by atoms with Gasteiger partial charge in [0, 0.05) is 17.5 Å². The third-order valence-electron chi connectivity index (χ3n) is 3.07. The number of sulfone groups is 1. The monoisotopic (exact) mass is 253 g/mol. The summed E-state index contributed by atoms with van der Waals surface area (Å²) < 4.78 is 23.6. The quantitative estimate of drug-likeness (QED) is 0.750.